The summed E-state index contributed by atoms with van der Waals surface area (Å²) >= 11 is 0. The minimum atomic E-state index is -0.0484. The number of aryl methyl sites for hydroxylation is 2. The second kappa shape index (κ2) is 5.36. The fourth-order valence-electron chi connectivity index (χ4n) is 2.32. The third-order valence-electron chi connectivity index (χ3n) is 3.37. The fraction of sp³-hybridized carbons (Fsp3) is 0.333. The number of aromatic nitrogens is 2. The SMILES string of the molecule is O=c1[nH]c(CCc2ccccc2)nc2c1COCC2. The molecule has 0 amide bonds. The lowest BCUT2D eigenvalue weighted by molar-refractivity contribution is 0.108. The van der Waals surface area contributed by atoms with Crippen molar-refractivity contribution in [3.8, 4) is 0 Å². The molecule has 0 radical (unpaired) electrons. The first-order valence-corrected chi connectivity index (χ1v) is 6.55. The second-order valence-electron chi connectivity index (χ2n) is 4.73. The average molecular weight is 256 g/mol. The van der Waals surface area contributed by atoms with Crippen LogP contribution in [0.15, 0.2) is 35.1 Å². The molecule has 0 aliphatic carbocycles. The van der Waals surface area contributed by atoms with Crippen LogP contribution >= 0.6 is 0 Å². The lowest BCUT2D eigenvalue weighted by atomic mass is 10.1. The summed E-state index contributed by atoms with van der Waals surface area (Å²) in [5.74, 6) is 0.773. The van der Waals surface area contributed by atoms with Crippen LogP contribution in [0.1, 0.15) is 22.6 Å². The maximum atomic E-state index is 11.9. The molecule has 1 aromatic carbocycles. The van der Waals surface area contributed by atoms with E-state index in [1.54, 1.807) is 0 Å². The van der Waals surface area contributed by atoms with E-state index in [4.69, 9.17) is 4.74 Å². The van der Waals surface area contributed by atoms with Gasteiger partial charge in [-0.1, -0.05) is 30.3 Å². The third kappa shape index (κ3) is 2.74. The van der Waals surface area contributed by atoms with Gasteiger partial charge in [0, 0.05) is 12.8 Å². The zero-order valence-corrected chi connectivity index (χ0v) is 10.7. The molecular formula is C15H16N2O2. The predicted octanol–water partition coefficient (Wildman–Crippen LogP) is 1.63. The Bertz CT molecular complexity index is 620. The summed E-state index contributed by atoms with van der Waals surface area (Å²) in [4.78, 5) is 19.3. The van der Waals surface area contributed by atoms with Crippen molar-refractivity contribution in [2.45, 2.75) is 25.9 Å². The highest BCUT2D eigenvalue weighted by Gasteiger charge is 2.15. The van der Waals surface area contributed by atoms with Gasteiger partial charge in [-0.05, 0) is 12.0 Å². The van der Waals surface area contributed by atoms with Crippen LogP contribution in [0.25, 0.3) is 0 Å². The van der Waals surface area contributed by atoms with E-state index in [1.165, 1.54) is 5.56 Å². The molecular weight excluding hydrogens is 240 g/mol. The average Bonchev–Trinajstić information content (AvgIpc) is 2.46. The molecule has 3 rings (SSSR count). The number of nitrogens with zero attached hydrogens (tertiary/aromatic N) is 1. The van der Waals surface area contributed by atoms with Crippen LogP contribution in [0.2, 0.25) is 0 Å². The van der Waals surface area contributed by atoms with Crippen molar-refractivity contribution >= 4 is 0 Å². The molecule has 0 saturated carbocycles. The quantitative estimate of drug-likeness (QED) is 0.908. The molecule has 2 heterocycles. The highest BCUT2D eigenvalue weighted by atomic mass is 16.5. The normalized spacial score (nSPS) is 14.1. The Hall–Kier alpha value is -1.94. The van der Waals surface area contributed by atoms with Gasteiger partial charge in [0.05, 0.1) is 24.5 Å². The van der Waals surface area contributed by atoms with Gasteiger partial charge in [-0.2, -0.15) is 0 Å². The fourth-order valence-corrected chi connectivity index (χ4v) is 2.32. The monoisotopic (exact) mass is 256 g/mol. The van der Waals surface area contributed by atoms with Gasteiger partial charge in [0.2, 0.25) is 0 Å². The molecule has 0 spiro atoms. The van der Waals surface area contributed by atoms with Gasteiger partial charge in [0.15, 0.2) is 0 Å². The number of nitrogens with one attached hydrogen (secondary N) is 1. The van der Waals surface area contributed by atoms with Gasteiger partial charge in [-0.15, -0.1) is 0 Å². The highest BCUT2D eigenvalue weighted by molar-refractivity contribution is 5.20. The molecule has 0 bridgehead atoms. The van der Waals surface area contributed by atoms with E-state index in [9.17, 15) is 4.79 Å². The summed E-state index contributed by atoms with van der Waals surface area (Å²) in [6.45, 7) is 1.04. The summed E-state index contributed by atoms with van der Waals surface area (Å²) in [5.41, 5.74) is 2.80. The van der Waals surface area contributed by atoms with E-state index in [2.05, 4.69) is 22.1 Å². The molecule has 1 aromatic heterocycles. The molecule has 4 heteroatoms. The van der Waals surface area contributed by atoms with Gasteiger partial charge < -0.3 is 9.72 Å². The van der Waals surface area contributed by atoms with Crippen molar-refractivity contribution in [3.05, 3.63) is 63.3 Å². The molecule has 1 aliphatic rings. The van der Waals surface area contributed by atoms with Crippen LogP contribution in [-0.2, 0) is 30.6 Å². The maximum Gasteiger partial charge on any atom is 0.256 e. The van der Waals surface area contributed by atoms with E-state index in [0.29, 0.717) is 18.8 Å². The number of hydrogen-bond acceptors (Lipinski definition) is 3. The van der Waals surface area contributed by atoms with Crippen molar-refractivity contribution in [1.82, 2.24) is 9.97 Å². The molecule has 0 unspecified atom stereocenters. The number of rotatable bonds is 3. The van der Waals surface area contributed by atoms with Crippen LogP contribution in [0, 0.1) is 0 Å². The smallest absolute Gasteiger partial charge is 0.256 e. The lowest BCUT2D eigenvalue weighted by Gasteiger charge is -2.15. The van der Waals surface area contributed by atoms with E-state index in [-0.39, 0.29) is 5.56 Å². The highest BCUT2D eigenvalue weighted by Crippen LogP contribution is 2.11. The number of hydrogen-bond donors (Lipinski definition) is 1. The van der Waals surface area contributed by atoms with Crippen LogP contribution in [0.4, 0.5) is 0 Å². The summed E-state index contributed by atoms with van der Waals surface area (Å²) in [7, 11) is 0. The number of ether oxygens (including phenoxy) is 1. The first kappa shape index (κ1) is 12.1. The van der Waals surface area contributed by atoms with Crippen molar-refractivity contribution in [2.24, 2.45) is 0 Å². The topological polar surface area (TPSA) is 55.0 Å². The summed E-state index contributed by atoms with van der Waals surface area (Å²) < 4.78 is 5.29. The number of aromatic amines is 1. The summed E-state index contributed by atoms with van der Waals surface area (Å²) in [5, 5.41) is 0. The molecule has 1 aliphatic heterocycles. The first-order valence-electron chi connectivity index (χ1n) is 6.55. The van der Waals surface area contributed by atoms with Crippen LogP contribution < -0.4 is 5.56 Å². The van der Waals surface area contributed by atoms with Gasteiger partial charge in [0.1, 0.15) is 5.82 Å². The standard InChI is InChI=1S/C15H16N2O2/c18-15-12-10-19-9-8-13(12)16-14(17-15)7-6-11-4-2-1-3-5-11/h1-5H,6-10H2,(H,16,17,18). The second-order valence-corrected chi connectivity index (χ2v) is 4.73. The molecule has 98 valence electrons. The molecule has 0 fully saturated rings. The Balaban J connectivity index is 1.78. The summed E-state index contributed by atoms with van der Waals surface area (Å²) in [6.07, 6.45) is 2.38. The zero-order valence-electron chi connectivity index (χ0n) is 10.7. The van der Waals surface area contributed by atoms with Crippen LogP contribution in [-0.4, -0.2) is 16.6 Å². The van der Waals surface area contributed by atoms with Gasteiger partial charge >= 0.3 is 0 Å². The number of benzene rings is 1. The molecule has 1 N–H and O–H groups in total. The molecule has 0 saturated heterocycles. The van der Waals surface area contributed by atoms with E-state index >= 15 is 0 Å². The van der Waals surface area contributed by atoms with Crippen LogP contribution in [0.5, 0.6) is 0 Å². The predicted molar refractivity (Wildman–Crippen MR) is 72.1 cm³/mol. The largest absolute Gasteiger partial charge is 0.376 e. The Morgan fingerprint density at radius 1 is 1.21 bits per heavy atom. The number of H-pyrrole nitrogens is 1. The maximum absolute atomic E-state index is 11.9. The van der Waals surface area contributed by atoms with E-state index < -0.39 is 0 Å². The third-order valence-corrected chi connectivity index (χ3v) is 3.37. The lowest BCUT2D eigenvalue weighted by Crippen LogP contribution is -2.25. The number of fused-ring (bicyclic) bond motifs is 1. The Morgan fingerprint density at radius 3 is 2.89 bits per heavy atom. The minimum absolute atomic E-state index is 0.0484. The van der Waals surface area contributed by atoms with Gasteiger partial charge in [0.25, 0.3) is 5.56 Å². The molecule has 4 nitrogen and oxygen atoms in total. The summed E-state index contributed by atoms with van der Waals surface area (Å²) in [6, 6.07) is 10.2. The van der Waals surface area contributed by atoms with Crippen molar-refractivity contribution in [1.29, 1.82) is 0 Å². The van der Waals surface area contributed by atoms with Gasteiger partial charge in [-0.25, -0.2) is 4.98 Å². The Kier molecular flexibility index (Phi) is 3.42. The Morgan fingerprint density at radius 2 is 2.05 bits per heavy atom. The van der Waals surface area contributed by atoms with Crippen molar-refractivity contribution in [3.63, 3.8) is 0 Å². The van der Waals surface area contributed by atoms with Crippen molar-refractivity contribution < 1.29 is 4.74 Å². The van der Waals surface area contributed by atoms with E-state index in [0.717, 1.165) is 30.8 Å². The van der Waals surface area contributed by atoms with Crippen LogP contribution in [0.3, 0.4) is 0 Å². The zero-order chi connectivity index (χ0) is 13.1. The molecule has 2 aromatic rings. The molecule has 0 atom stereocenters. The first-order chi connectivity index (χ1) is 9.33. The van der Waals surface area contributed by atoms with Gasteiger partial charge in [-0.3, -0.25) is 4.79 Å². The van der Waals surface area contributed by atoms with Crippen molar-refractivity contribution in [2.75, 3.05) is 6.61 Å². The minimum Gasteiger partial charge on any atom is -0.376 e. The molecule has 19 heavy (non-hydrogen) atoms. The Labute approximate surface area is 111 Å². The van der Waals surface area contributed by atoms with E-state index in [1.807, 2.05) is 18.2 Å².